The predicted molar refractivity (Wildman–Crippen MR) is 99.9 cm³/mol. The molecule has 0 saturated heterocycles. The van der Waals surface area contributed by atoms with Gasteiger partial charge in [-0.05, 0) is 31.2 Å². The number of ether oxygens (including phenoxy) is 3. The van der Waals surface area contributed by atoms with Crippen LogP contribution in [0.3, 0.4) is 0 Å². The number of methoxy groups -OCH3 is 2. The molecule has 0 aliphatic heterocycles. The molecule has 0 atom stereocenters. The largest absolute Gasteiger partial charge is 0.493 e. The van der Waals surface area contributed by atoms with Crippen molar-refractivity contribution in [3.05, 3.63) is 47.5 Å². The van der Waals surface area contributed by atoms with Gasteiger partial charge in [-0.1, -0.05) is 17.7 Å². The van der Waals surface area contributed by atoms with Gasteiger partial charge in [0.25, 0.3) is 10.0 Å². The molecule has 2 aromatic rings. The molecule has 0 saturated carbocycles. The van der Waals surface area contributed by atoms with Crippen molar-refractivity contribution in [3.63, 3.8) is 0 Å². The van der Waals surface area contributed by atoms with Gasteiger partial charge in [0.1, 0.15) is 0 Å². The van der Waals surface area contributed by atoms with Gasteiger partial charge in [0, 0.05) is 12.5 Å². The zero-order valence-corrected chi connectivity index (χ0v) is 16.2. The van der Waals surface area contributed by atoms with E-state index in [4.69, 9.17) is 14.2 Å². The maximum absolute atomic E-state index is 12.2. The van der Waals surface area contributed by atoms with Crippen molar-refractivity contribution < 1.29 is 27.4 Å². The van der Waals surface area contributed by atoms with Gasteiger partial charge in [-0.15, -0.1) is 0 Å². The Morgan fingerprint density at radius 2 is 1.63 bits per heavy atom. The van der Waals surface area contributed by atoms with E-state index in [1.807, 2.05) is 6.92 Å². The first kappa shape index (κ1) is 20.2. The Labute approximate surface area is 157 Å². The van der Waals surface area contributed by atoms with Crippen LogP contribution in [0.5, 0.6) is 17.2 Å². The van der Waals surface area contributed by atoms with Gasteiger partial charge in [0.15, 0.2) is 11.5 Å². The fraction of sp³-hybridized carbons (Fsp3) is 0.222. The molecule has 1 N–H and O–H groups in total. The van der Waals surface area contributed by atoms with Gasteiger partial charge in [0.05, 0.1) is 25.3 Å². The van der Waals surface area contributed by atoms with E-state index in [0.29, 0.717) is 5.56 Å². The van der Waals surface area contributed by atoms with Gasteiger partial charge in [-0.3, -0.25) is 4.79 Å². The highest BCUT2D eigenvalue weighted by Gasteiger charge is 2.16. The Bertz CT molecular complexity index is 927. The molecule has 0 fully saturated rings. The third kappa shape index (κ3) is 5.20. The van der Waals surface area contributed by atoms with Crippen LogP contribution in [0.4, 0.5) is 0 Å². The van der Waals surface area contributed by atoms with E-state index in [1.54, 1.807) is 12.1 Å². The molecular formula is C18H20N2O6S. The van der Waals surface area contributed by atoms with E-state index in [-0.39, 0.29) is 22.1 Å². The summed E-state index contributed by atoms with van der Waals surface area (Å²) in [5.41, 5.74) is 1.43. The Morgan fingerprint density at radius 1 is 1.07 bits per heavy atom. The van der Waals surface area contributed by atoms with E-state index in [9.17, 15) is 13.2 Å². The highest BCUT2D eigenvalue weighted by Crippen LogP contribution is 2.38. The first-order chi connectivity index (χ1) is 12.8. The normalized spacial score (nSPS) is 11.3. The minimum absolute atomic E-state index is 0.102. The average Bonchev–Trinajstić information content (AvgIpc) is 2.62. The molecular weight excluding hydrogens is 372 g/mol. The number of nitrogens with one attached hydrogen (secondary N) is 1. The van der Waals surface area contributed by atoms with E-state index in [0.717, 1.165) is 5.56 Å². The molecule has 2 aromatic carbocycles. The SMILES string of the molecule is COc1cc(/C=N/NS(=O)(=O)c2ccc(C)cc2)cc(OC)c1OC(C)=O. The van der Waals surface area contributed by atoms with E-state index >= 15 is 0 Å². The lowest BCUT2D eigenvalue weighted by Crippen LogP contribution is -2.18. The molecule has 0 unspecified atom stereocenters. The molecule has 0 radical (unpaired) electrons. The molecule has 0 aromatic heterocycles. The molecule has 27 heavy (non-hydrogen) atoms. The lowest BCUT2D eigenvalue weighted by molar-refractivity contribution is -0.132. The molecule has 9 heteroatoms. The smallest absolute Gasteiger partial charge is 0.308 e. The second-order valence-corrected chi connectivity index (χ2v) is 7.18. The number of hydrazone groups is 1. The first-order valence-corrected chi connectivity index (χ1v) is 9.31. The van der Waals surface area contributed by atoms with Crippen LogP contribution in [-0.4, -0.2) is 34.8 Å². The average molecular weight is 392 g/mol. The predicted octanol–water partition coefficient (Wildman–Crippen LogP) is 2.25. The summed E-state index contributed by atoms with van der Waals surface area (Å²) in [5, 5.41) is 3.77. The molecule has 8 nitrogen and oxygen atoms in total. The fourth-order valence-electron chi connectivity index (χ4n) is 2.16. The lowest BCUT2D eigenvalue weighted by Gasteiger charge is -2.13. The number of aryl methyl sites for hydroxylation is 1. The standard InChI is InChI=1S/C18H20N2O6S/c1-12-5-7-15(8-6-12)27(22,23)20-19-11-14-9-16(24-3)18(26-13(2)21)17(10-14)25-4/h5-11,20H,1-4H3/b19-11+. The second-order valence-electron chi connectivity index (χ2n) is 5.51. The number of esters is 1. The van der Waals surface area contributed by atoms with E-state index in [1.165, 1.54) is 51.6 Å². The number of benzene rings is 2. The lowest BCUT2D eigenvalue weighted by atomic mass is 10.2. The highest BCUT2D eigenvalue weighted by atomic mass is 32.2. The molecule has 0 heterocycles. The third-order valence-electron chi connectivity index (χ3n) is 3.45. The summed E-state index contributed by atoms with van der Waals surface area (Å²) in [6.45, 7) is 3.12. The van der Waals surface area contributed by atoms with Crippen LogP contribution in [0.2, 0.25) is 0 Å². The summed E-state index contributed by atoms with van der Waals surface area (Å²) in [6, 6.07) is 9.44. The summed E-state index contributed by atoms with van der Waals surface area (Å²) in [5.74, 6) is 0.0866. The van der Waals surface area contributed by atoms with Crippen LogP contribution in [0.1, 0.15) is 18.1 Å². The number of rotatable bonds is 7. The van der Waals surface area contributed by atoms with Crippen LogP contribution in [-0.2, 0) is 14.8 Å². The van der Waals surface area contributed by atoms with Crippen molar-refractivity contribution in [2.45, 2.75) is 18.7 Å². The van der Waals surface area contributed by atoms with Crippen molar-refractivity contribution >= 4 is 22.2 Å². The quantitative estimate of drug-likeness (QED) is 0.335. The Kier molecular flexibility index (Phi) is 6.40. The van der Waals surface area contributed by atoms with Crippen LogP contribution in [0.25, 0.3) is 0 Å². The number of carbonyl (C=O) groups excluding carboxylic acids is 1. The minimum Gasteiger partial charge on any atom is -0.493 e. The Morgan fingerprint density at radius 3 is 2.11 bits per heavy atom. The van der Waals surface area contributed by atoms with E-state index in [2.05, 4.69) is 9.93 Å². The van der Waals surface area contributed by atoms with Crippen LogP contribution >= 0.6 is 0 Å². The van der Waals surface area contributed by atoms with E-state index < -0.39 is 16.0 Å². The molecule has 0 amide bonds. The summed E-state index contributed by atoms with van der Waals surface area (Å²) >= 11 is 0. The number of sulfonamides is 1. The fourth-order valence-corrected chi connectivity index (χ4v) is 2.95. The maximum atomic E-state index is 12.2. The zero-order chi connectivity index (χ0) is 20.0. The monoisotopic (exact) mass is 392 g/mol. The summed E-state index contributed by atoms with van der Waals surface area (Å²) in [4.78, 5) is 13.5. The van der Waals surface area contributed by atoms with Gasteiger partial charge in [-0.25, -0.2) is 4.83 Å². The second kappa shape index (κ2) is 8.54. The van der Waals surface area contributed by atoms with Crippen molar-refractivity contribution in [1.29, 1.82) is 0 Å². The number of hydrogen-bond donors (Lipinski definition) is 1. The van der Waals surface area contributed by atoms with Crippen molar-refractivity contribution in [3.8, 4) is 17.2 Å². The summed E-state index contributed by atoms with van der Waals surface area (Å²) < 4.78 is 39.9. The molecule has 0 aliphatic carbocycles. The molecule has 2 rings (SSSR count). The van der Waals surface area contributed by atoms with Crippen molar-refractivity contribution in [2.24, 2.45) is 5.10 Å². The van der Waals surface area contributed by atoms with Crippen LogP contribution in [0.15, 0.2) is 46.4 Å². The third-order valence-corrected chi connectivity index (χ3v) is 4.69. The molecule has 0 aliphatic rings. The van der Waals surface area contributed by atoms with Crippen molar-refractivity contribution in [2.75, 3.05) is 14.2 Å². The topological polar surface area (TPSA) is 103 Å². The molecule has 0 spiro atoms. The van der Waals surface area contributed by atoms with Crippen LogP contribution in [0, 0.1) is 6.92 Å². The molecule has 0 bridgehead atoms. The number of carbonyl (C=O) groups is 1. The number of hydrogen-bond acceptors (Lipinski definition) is 7. The summed E-state index contributed by atoms with van der Waals surface area (Å²) in [6.07, 6.45) is 1.29. The Balaban J connectivity index is 2.26. The van der Waals surface area contributed by atoms with Gasteiger partial charge >= 0.3 is 5.97 Å². The minimum atomic E-state index is -3.78. The van der Waals surface area contributed by atoms with Crippen molar-refractivity contribution in [1.82, 2.24) is 4.83 Å². The van der Waals surface area contributed by atoms with Gasteiger partial charge in [-0.2, -0.15) is 13.5 Å². The van der Waals surface area contributed by atoms with Crippen LogP contribution < -0.4 is 19.0 Å². The first-order valence-electron chi connectivity index (χ1n) is 7.83. The van der Waals surface area contributed by atoms with Gasteiger partial charge in [0.2, 0.25) is 5.75 Å². The highest BCUT2D eigenvalue weighted by molar-refractivity contribution is 7.89. The summed E-state index contributed by atoms with van der Waals surface area (Å²) in [7, 11) is -0.971. The maximum Gasteiger partial charge on any atom is 0.308 e. The number of nitrogens with zero attached hydrogens (tertiary/aromatic N) is 1. The molecule has 144 valence electrons. The zero-order valence-electron chi connectivity index (χ0n) is 15.3. The Hall–Kier alpha value is -3.07. The van der Waals surface area contributed by atoms with Gasteiger partial charge < -0.3 is 14.2 Å².